The molecule has 1 aromatic carbocycles. The molecule has 30 heavy (non-hydrogen) atoms. The zero-order valence-corrected chi connectivity index (χ0v) is 16.8. The van der Waals surface area contributed by atoms with Gasteiger partial charge in [-0.25, -0.2) is 14.8 Å². The first-order chi connectivity index (χ1) is 14.5. The molecule has 1 aliphatic rings. The molecule has 1 amide bonds. The Morgan fingerprint density at radius 1 is 1.23 bits per heavy atom. The van der Waals surface area contributed by atoms with Gasteiger partial charge in [0, 0.05) is 25.5 Å². The summed E-state index contributed by atoms with van der Waals surface area (Å²) < 4.78 is 15.9. The summed E-state index contributed by atoms with van der Waals surface area (Å²) in [5.74, 6) is 0.346. The Morgan fingerprint density at radius 3 is 2.63 bits per heavy atom. The van der Waals surface area contributed by atoms with Crippen molar-refractivity contribution < 1.29 is 28.3 Å². The molecule has 0 atom stereocenters. The molecule has 1 saturated carbocycles. The Balaban J connectivity index is 1.65. The van der Waals surface area contributed by atoms with Crippen molar-refractivity contribution in [3.05, 3.63) is 41.4 Å². The van der Waals surface area contributed by atoms with E-state index < -0.39 is 11.9 Å². The summed E-state index contributed by atoms with van der Waals surface area (Å²) in [5.41, 5.74) is 1.50. The van der Waals surface area contributed by atoms with Gasteiger partial charge in [-0.15, -0.1) is 0 Å². The largest absolute Gasteiger partial charge is 0.465 e. The third-order valence-electron chi connectivity index (χ3n) is 5.50. The summed E-state index contributed by atoms with van der Waals surface area (Å²) in [6, 6.07) is 3.12. The number of carbonyl (C=O) groups is 2. The van der Waals surface area contributed by atoms with Crippen LogP contribution in [-0.4, -0.2) is 40.7 Å². The summed E-state index contributed by atoms with van der Waals surface area (Å²) in [7, 11) is 1.27. The summed E-state index contributed by atoms with van der Waals surface area (Å²) in [5, 5.41) is 12.0. The number of hydrogen-bond donors (Lipinski definition) is 2. The van der Waals surface area contributed by atoms with Crippen molar-refractivity contribution in [2.24, 2.45) is 5.92 Å². The number of aryl methyl sites for hydroxylation is 1. The molecular weight excluding hydrogens is 390 g/mol. The normalized spacial score (nSPS) is 19.0. The third-order valence-corrected chi connectivity index (χ3v) is 5.50. The van der Waals surface area contributed by atoms with Crippen molar-refractivity contribution in [1.29, 1.82) is 0 Å². The molecule has 9 heteroatoms. The lowest BCUT2D eigenvalue weighted by molar-refractivity contribution is 0.0602. The Kier molecular flexibility index (Phi) is 5.54. The van der Waals surface area contributed by atoms with E-state index in [1.54, 1.807) is 19.1 Å². The second-order valence-electron chi connectivity index (χ2n) is 7.52. The molecule has 2 N–H and O–H groups in total. The lowest BCUT2D eigenvalue weighted by Gasteiger charge is -2.24. The topological polar surface area (TPSA) is 128 Å². The number of aromatic nitrogens is 2. The van der Waals surface area contributed by atoms with Crippen LogP contribution >= 0.6 is 0 Å². The Morgan fingerprint density at radius 2 is 2.00 bits per heavy atom. The number of oxazole rings is 2. The first kappa shape index (κ1) is 20.1. The zero-order valence-electron chi connectivity index (χ0n) is 16.8. The smallest absolute Gasteiger partial charge is 0.340 e. The number of amides is 1. The molecule has 158 valence electrons. The summed E-state index contributed by atoms with van der Waals surface area (Å²) in [4.78, 5) is 33.3. The summed E-state index contributed by atoms with van der Waals surface area (Å²) >= 11 is 0. The summed E-state index contributed by atoms with van der Waals surface area (Å²) in [6.07, 6.45) is 4.86. The van der Waals surface area contributed by atoms with Gasteiger partial charge in [-0.2, -0.15) is 0 Å². The minimum absolute atomic E-state index is 0.0994. The maximum Gasteiger partial charge on any atom is 0.340 e. The molecule has 2 heterocycles. The van der Waals surface area contributed by atoms with Gasteiger partial charge in [-0.1, -0.05) is 0 Å². The maximum absolute atomic E-state index is 12.5. The molecule has 4 rings (SSSR count). The van der Waals surface area contributed by atoms with Gasteiger partial charge in [0.1, 0.15) is 11.8 Å². The first-order valence-corrected chi connectivity index (χ1v) is 9.85. The number of fused-ring (bicyclic) bond motifs is 1. The highest BCUT2D eigenvalue weighted by atomic mass is 16.5. The first-order valence-electron chi connectivity index (χ1n) is 9.85. The second kappa shape index (κ2) is 8.27. The molecule has 1 fully saturated rings. The average molecular weight is 413 g/mol. The Hall–Kier alpha value is -3.20. The summed E-state index contributed by atoms with van der Waals surface area (Å²) in [6.45, 7) is 1.84. The van der Waals surface area contributed by atoms with E-state index in [2.05, 4.69) is 15.3 Å². The van der Waals surface area contributed by atoms with Crippen LogP contribution in [0, 0.1) is 12.8 Å². The highest BCUT2D eigenvalue weighted by Crippen LogP contribution is 2.37. The molecule has 1 aliphatic carbocycles. The number of aliphatic hydroxyl groups is 1. The van der Waals surface area contributed by atoms with Crippen LogP contribution in [0.1, 0.15) is 64.2 Å². The predicted molar refractivity (Wildman–Crippen MR) is 106 cm³/mol. The van der Waals surface area contributed by atoms with E-state index >= 15 is 0 Å². The monoisotopic (exact) mass is 413 g/mol. The van der Waals surface area contributed by atoms with Crippen LogP contribution in [-0.2, 0) is 4.74 Å². The minimum atomic E-state index is -0.600. The van der Waals surface area contributed by atoms with E-state index in [0.29, 0.717) is 28.8 Å². The number of rotatable bonds is 5. The number of nitrogens with zero attached hydrogens (tertiary/aromatic N) is 2. The van der Waals surface area contributed by atoms with Crippen molar-refractivity contribution in [3.63, 3.8) is 0 Å². The maximum atomic E-state index is 12.5. The van der Waals surface area contributed by atoms with E-state index in [1.807, 2.05) is 0 Å². The fraction of sp³-hybridized carbons (Fsp3) is 0.429. The lowest BCUT2D eigenvalue weighted by atomic mass is 9.82. The number of nitrogens with one attached hydrogen (secondary N) is 1. The van der Waals surface area contributed by atoms with Gasteiger partial charge in [0.2, 0.25) is 0 Å². The second-order valence-corrected chi connectivity index (χ2v) is 7.52. The van der Waals surface area contributed by atoms with Crippen molar-refractivity contribution in [2.75, 3.05) is 19.0 Å². The molecule has 0 spiro atoms. The van der Waals surface area contributed by atoms with Gasteiger partial charge in [0.25, 0.3) is 5.91 Å². The van der Waals surface area contributed by atoms with Crippen LogP contribution in [0.3, 0.4) is 0 Å². The van der Waals surface area contributed by atoms with Crippen LogP contribution < -0.4 is 5.32 Å². The highest BCUT2D eigenvalue weighted by Gasteiger charge is 2.27. The van der Waals surface area contributed by atoms with Crippen molar-refractivity contribution in [3.8, 4) is 0 Å². The third kappa shape index (κ3) is 3.93. The van der Waals surface area contributed by atoms with Crippen LogP contribution in [0.15, 0.2) is 27.2 Å². The lowest BCUT2D eigenvalue weighted by Crippen LogP contribution is -2.16. The van der Waals surface area contributed by atoms with Crippen LogP contribution in [0.5, 0.6) is 0 Å². The van der Waals surface area contributed by atoms with Crippen molar-refractivity contribution >= 4 is 28.7 Å². The Labute approximate surface area is 172 Å². The molecule has 0 saturated heterocycles. The average Bonchev–Trinajstić information content (AvgIpc) is 3.38. The van der Waals surface area contributed by atoms with Gasteiger partial charge < -0.3 is 24.0 Å². The van der Waals surface area contributed by atoms with Crippen LogP contribution in [0.4, 0.5) is 5.69 Å². The number of anilines is 1. The molecular formula is C21H23N3O6. The van der Waals surface area contributed by atoms with Crippen molar-refractivity contribution in [2.45, 2.75) is 38.5 Å². The fourth-order valence-corrected chi connectivity index (χ4v) is 3.79. The molecule has 9 nitrogen and oxygen atoms in total. The predicted octanol–water partition coefficient (Wildman–Crippen LogP) is 3.43. The van der Waals surface area contributed by atoms with Gasteiger partial charge >= 0.3 is 5.97 Å². The number of ether oxygens (including phenoxy) is 1. The van der Waals surface area contributed by atoms with E-state index in [-0.39, 0.29) is 29.5 Å². The van der Waals surface area contributed by atoms with Crippen LogP contribution in [0.2, 0.25) is 0 Å². The van der Waals surface area contributed by atoms with Gasteiger partial charge in [0.15, 0.2) is 23.1 Å². The standard InChI is InChI=1S/C21H23N3O6/c1-11-22-17(10-29-11)19(26)23-15-8-18-16(7-14(15)21(27)28-2)24-20(30-18)13-5-3-12(9-25)4-6-13/h7-8,10,12-13,25H,3-6,9H2,1-2H3,(H,23,26). The molecule has 3 aromatic rings. The van der Waals surface area contributed by atoms with E-state index in [1.165, 1.54) is 13.4 Å². The molecule has 0 radical (unpaired) electrons. The van der Waals surface area contributed by atoms with E-state index in [0.717, 1.165) is 25.7 Å². The molecule has 0 bridgehead atoms. The highest BCUT2D eigenvalue weighted by molar-refractivity contribution is 6.08. The van der Waals surface area contributed by atoms with E-state index in [4.69, 9.17) is 13.6 Å². The molecule has 0 unspecified atom stereocenters. The van der Waals surface area contributed by atoms with Gasteiger partial charge in [-0.05, 0) is 37.7 Å². The van der Waals surface area contributed by atoms with Gasteiger partial charge in [-0.3, -0.25) is 4.79 Å². The number of methoxy groups -OCH3 is 1. The Bertz CT molecular complexity index is 1080. The van der Waals surface area contributed by atoms with Gasteiger partial charge in [0.05, 0.1) is 18.4 Å². The fourth-order valence-electron chi connectivity index (χ4n) is 3.79. The number of carbonyl (C=O) groups excluding carboxylic acids is 2. The van der Waals surface area contributed by atoms with Crippen molar-refractivity contribution in [1.82, 2.24) is 9.97 Å². The zero-order chi connectivity index (χ0) is 21.3. The van der Waals surface area contributed by atoms with Crippen LogP contribution in [0.25, 0.3) is 11.1 Å². The number of benzene rings is 1. The minimum Gasteiger partial charge on any atom is -0.465 e. The number of esters is 1. The molecule has 2 aromatic heterocycles. The SMILES string of the molecule is COC(=O)c1cc2nc(C3CCC(CO)CC3)oc2cc1NC(=O)c1coc(C)n1. The number of hydrogen-bond acceptors (Lipinski definition) is 8. The van der Waals surface area contributed by atoms with E-state index in [9.17, 15) is 14.7 Å². The number of aliphatic hydroxyl groups excluding tert-OH is 1. The quantitative estimate of drug-likeness (QED) is 0.609. The molecule has 0 aliphatic heterocycles.